The van der Waals surface area contributed by atoms with E-state index in [1.54, 1.807) is 30.6 Å². The first kappa shape index (κ1) is 25.9. The first-order chi connectivity index (χ1) is 10.3. The topological polar surface area (TPSA) is 17.1 Å². The fourth-order valence-corrected chi connectivity index (χ4v) is 9.56. The van der Waals surface area contributed by atoms with E-state index >= 15 is 0 Å². The second-order valence-corrected chi connectivity index (χ2v) is 13.0. The predicted molar refractivity (Wildman–Crippen MR) is 111 cm³/mol. The molecule has 0 amide bonds. The Morgan fingerprint density at radius 3 is 1.22 bits per heavy atom. The van der Waals surface area contributed by atoms with E-state index in [1.165, 1.54) is 0 Å². The van der Waals surface area contributed by atoms with Gasteiger partial charge in [0.05, 0.1) is 6.29 Å². The van der Waals surface area contributed by atoms with Crippen LogP contribution in [0.3, 0.4) is 0 Å². The van der Waals surface area contributed by atoms with Crippen molar-refractivity contribution >= 4 is 33.7 Å². The van der Waals surface area contributed by atoms with E-state index in [0.29, 0.717) is 21.0 Å². The molecule has 1 aromatic rings. The SMILES string of the molecule is CC(C)(C)P(C(C)(C)C)C(C)(C)C.O=[C-]c1ccccc1.[Pd+][I]. The van der Waals surface area contributed by atoms with E-state index in [2.05, 4.69) is 77.9 Å². The molecule has 0 saturated heterocycles. The molecule has 0 spiro atoms. The molecule has 0 fully saturated rings. The first-order valence-corrected chi connectivity index (χ1v) is 13.6. The van der Waals surface area contributed by atoms with Crippen molar-refractivity contribution in [2.24, 2.45) is 0 Å². The van der Waals surface area contributed by atoms with Crippen LogP contribution in [0.5, 0.6) is 0 Å². The van der Waals surface area contributed by atoms with Gasteiger partial charge in [-0.15, -0.1) is 12.1 Å². The molecule has 0 aromatic heterocycles. The van der Waals surface area contributed by atoms with Crippen LogP contribution in [0.4, 0.5) is 0 Å². The van der Waals surface area contributed by atoms with Crippen LogP contribution in [0, 0.1) is 0 Å². The second kappa shape index (κ2) is 11.4. The Hall–Kier alpha value is 0.712. The quantitative estimate of drug-likeness (QED) is 0.164. The summed E-state index contributed by atoms with van der Waals surface area (Å²) in [5, 5.41) is 1.35. The molecule has 0 bridgehead atoms. The van der Waals surface area contributed by atoms with Crippen LogP contribution in [-0.2, 0) is 20.4 Å². The zero-order chi connectivity index (χ0) is 18.9. The van der Waals surface area contributed by atoms with E-state index in [-0.39, 0.29) is 7.92 Å². The van der Waals surface area contributed by atoms with Crippen LogP contribution in [-0.4, -0.2) is 21.8 Å². The van der Waals surface area contributed by atoms with E-state index < -0.39 is 0 Å². The summed E-state index contributed by atoms with van der Waals surface area (Å²) >= 11 is 4.72. The molecule has 1 rings (SSSR count). The maximum atomic E-state index is 9.88. The van der Waals surface area contributed by atoms with Crippen LogP contribution >= 0.6 is 27.4 Å². The molecule has 0 unspecified atom stereocenters. The molecule has 23 heavy (non-hydrogen) atoms. The van der Waals surface area contributed by atoms with Gasteiger partial charge in [-0.25, -0.2) is 0 Å². The van der Waals surface area contributed by atoms with E-state index in [4.69, 9.17) is 0 Å². The Bertz CT molecular complexity index is 394. The summed E-state index contributed by atoms with van der Waals surface area (Å²) in [5.41, 5.74) is 0.604. The third kappa shape index (κ3) is 11.8. The van der Waals surface area contributed by atoms with Gasteiger partial charge in [-0.3, -0.25) is 0 Å². The molecule has 0 saturated carbocycles. The zero-order valence-electron chi connectivity index (χ0n) is 15.9. The summed E-state index contributed by atoms with van der Waals surface area (Å²) in [6.07, 6.45) is 1.78. The Labute approximate surface area is 166 Å². The van der Waals surface area contributed by atoms with Gasteiger partial charge in [0.2, 0.25) is 0 Å². The van der Waals surface area contributed by atoms with Crippen LogP contribution < -0.4 is 0 Å². The van der Waals surface area contributed by atoms with Crippen molar-refractivity contribution in [2.75, 3.05) is 0 Å². The van der Waals surface area contributed by atoms with Gasteiger partial charge in [-0.1, -0.05) is 76.3 Å². The Morgan fingerprint density at radius 2 is 1.09 bits per heavy atom. The van der Waals surface area contributed by atoms with Crippen LogP contribution in [0.15, 0.2) is 30.3 Å². The molecule has 1 aromatic carbocycles. The van der Waals surface area contributed by atoms with Crippen molar-refractivity contribution in [3.8, 4) is 0 Å². The van der Waals surface area contributed by atoms with Gasteiger partial charge in [0.15, 0.2) is 0 Å². The monoisotopic (exact) mass is 540 g/mol. The van der Waals surface area contributed by atoms with E-state index in [9.17, 15) is 4.79 Å². The van der Waals surface area contributed by atoms with Gasteiger partial charge in [-0.05, 0) is 15.5 Å². The fraction of sp³-hybridized carbons (Fsp3) is 0.632. The Morgan fingerprint density at radius 1 is 0.783 bits per heavy atom. The fourth-order valence-electron chi connectivity index (χ4n) is 3.52. The van der Waals surface area contributed by atoms with Crippen molar-refractivity contribution in [1.82, 2.24) is 0 Å². The summed E-state index contributed by atoms with van der Waals surface area (Å²) in [5.74, 6) is 0. The van der Waals surface area contributed by atoms with E-state index in [1.807, 2.05) is 25.6 Å². The second-order valence-electron chi connectivity index (χ2n) is 8.32. The van der Waals surface area contributed by atoms with Gasteiger partial charge in [0.1, 0.15) is 0 Å². The minimum atomic E-state index is 0.0162. The Balaban J connectivity index is 0. The summed E-state index contributed by atoms with van der Waals surface area (Å²) in [6.45, 7) is 21.5. The van der Waals surface area contributed by atoms with Crippen LogP contribution in [0.25, 0.3) is 0 Å². The van der Waals surface area contributed by atoms with Crippen molar-refractivity contribution in [2.45, 2.75) is 77.8 Å². The number of halogens is 1. The third-order valence-corrected chi connectivity index (χ3v) is 6.93. The number of carbonyl (C=O) groups excluding carboxylic acids is 1. The molecule has 0 heterocycles. The molecule has 136 valence electrons. The minimum absolute atomic E-state index is 0.0162. The number of hydrogen-bond acceptors (Lipinski definition) is 1. The molecule has 0 aliphatic carbocycles. The summed E-state index contributed by atoms with van der Waals surface area (Å²) in [7, 11) is 0.0162. The predicted octanol–water partition coefficient (Wildman–Crippen LogP) is 6.89. The molecule has 0 aliphatic heterocycles. The summed E-state index contributed by atoms with van der Waals surface area (Å²) in [6, 6.07) is 8.90. The molecule has 0 radical (unpaired) electrons. The van der Waals surface area contributed by atoms with Crippen LogP contribution in [0.1, 0.15) is 67.9 Å². The molecule has 0 aliphatic rings. The normalized spacial score (nSPS) is 11.9. The van der Waals surface area contributed by atoms with Crippen molar-refractivity contribution in [3.05, 3.63) is 35.9 Å². The maximum absolute atomic E-state index is 9.88. The molecular weight excluding hydrogens is 509 g/mol. The summed E-state index contributed by atoms with van der Waals surface area (Å²) < 4.78 is 0. The molecule has 0 N–H and O–H groups in total. The number of rotatable bonds is 1. The van der Waals surface area contributed by atoms with Gasteiger partial charge in [0, 0.05) is 0 Å². The average Bonchev–Trinajstić information content (AvgIpc) is 2.37. The Kier molecular flexibility index (Phi) is 12.8. The van der Waals surface area contributed by atoms with Gasteiger partial charge in [-0.2, -0.15) is 17.7 Å². The molecule has 4 heteroatoms. The molecule has 1 nitrogen and oxygen atoms in total. The molecule has 0 atom stereocenters. The van der Waals surface area contributed by atoms with Gasteiger partial charge >= 0.3 is 35.1 Å². The first-order valence-electron chi connectivity index (χ1n) is 7.66. The van der Waals surface area contributed by atoms with Crippen molar-refractivity contribution in [3.63, 3.8) is 0 Å². The van der Waals surface area contributed by atoms with Gasteiger partial charge in [0.25, 0.3) is 0 Å². The third-order valence-electron chi connectivity index (χ3n) is 2.90. The zero-order valence-corrected chi connectivity index (χ0v) is 20.5. The van der Waals surface area contributed by atoms with Crippen molar-refractivity contribution in [1.29, 1.82) is 0 Å². The standard InChI is InChI=1S/C12H27P.C7H5O.HI.Pd/c1-10(2,3)13(11(4,5)6)12(7,8)9;8-6-7-4-2-1-3-5-7;;/h1-9H3;1-5H;1H;/q;-1;;+2/p-1. The number of hydrogen-bond donors (Lipinski definition) is 0. The summed E-state index contributed by atoms with van der Waals surface area (Å²) in [4.78, 5) is 9.88. The molecular formula is C19H32IOPPd. The average molecular weight is 541 g/mol. The number of benzene rings is 1. The van der Waals surface area contributed by atoms with Crippen molar-refractivity contribution < 1.29 is 20.4 Å². The van der Waals surface area contributed by atoms with E-state index in [0.717, 1.165) is 0 Å². The van der Waals surface area contributed by atoms with Crippen LogP contribution in [0.2, 0.25) is 0 Å². The van der Waals surface area contributed by atoms with Gasteiger partial charge < -0.3 is 4.79 Å².